The Bertz CT molecular complexity index is 829. The van der Waals surface area contributed by atoms with E-state index in [4.69, 9.17) is 4.74 Å². The molecule has 3 aromatic rings. The van der Waals surface area contributed by atoms with Crippen LogP contribution >= 0.6 is 22.6 Å². The molecule has 0 unspecified atom stereocenters. The van der Waals surface area contributed by atoms with Gasteiger partial charge < -0.3 is 14.7 Å². The van der Waals surface area contributed by atoms with Crippen LogP contribution in [0.15, 0.2) is 42.5 Å². The number of nitrogens with zero attached hydrogens (tertiary/aromatic N) is 2. The molecule has 5 nitrogen and oxygen atoms in total. The van der Waals surface area contributed by atoms with Gasteiger partial charge in [0, 0.05) is 23.1 Å². The van der Waals surface area contributed by atoms with Crippen LogP contribution in [0.3, 0.4) is 0 Å². The van der Waals surface area contributed by atoms with Crippen molar-refractivity contribution in [3.63, 3.8) is 0 Å². The largest absolute Gasteiger partial charge is 0.805 e. The molecule has 1 aromatic heterocycles. The van der Waals surface area contributed by atoms with Crippen LogP contribution in [0.25, 0.3) is 22.1 Å². The Morgan fingerprint density at radius 2 is 1.89 bits per heavy atom. The summed E-state index contributed by atoms with van der Waals surface area (Å²) in [4.78, 5) is 12.2. The Morgan fingerprint density at radius 1 is 1.16 bits per heavy atom. The van der Waals surface area contributed by atoms with Crippen LogP contribution in [-0.4, -0.2) is 9.34 Å². The molecular formula is C13H9IN2O3. The molecule has 6 heteroatoms. The lowest BCUT2D eigenvalue weighted by atomic mass is 10.2. The van der Waals surface area contributed by atoms with E-state index >= 15 is 0 Å². The third kappa shape index (κ3) is 1.92. The number of alkyl halides is 1. The number of para-hydroxylation sites is 2. The van der Waals surface area contributed by atoms with Gasteiger partial charge in [0.1, 0.15) is 21.4 Å². The van der Waals surface area contributed by atoms with Gasteiger partial charge in [0.15, 0.2) is 0 Å². The topological polar surface area (TPSA) is 60.2 Å². The Hall–Kier alpha value is -1.83. The van der Waals surface area contributed by atoms with Crippen LogP contribution in [0.5, 0.6) is 5.75 Å². The fourth-order valence-corrected chi connectivity index (χ4v) is 2.42. The van der Waals surface area contributed by atoms with Crippen molar-refractivity contribution in [2.75, 3.05) is 4.61 Å². The second-order valence-corrected chi connectivity index (χ2v) is 4.60. The molecule has 0 atom stereocenters. The van der Waals surface area contributed by atoms with Crippen LogP contribution in [-0.2, 0) is 0 Å². The second-order valence-electron chi connectivity index (χ2n) is 3.98. The smallest absolute Gasteiger partial charge is 0.287 e. The van der Waals surface area contributed by atoms with Crippen molar-refractivity contribution in [2.45, 2.75) is 0 Å². The highest BCUT2D eigenvalue weighted by atomic mass is 127. The average Bonchev–Trinajstić information content (AvgIpc) is 2.45. The molecule has 1 heterocycles. The monoisotopic (exact) mass is 368 g/mol. The summed E-state index contributed by atoms with van der Waals surface area (Å²) in [7, 11) is 0. The highest BCUT2D eigenvalue weighted by Gasteiger charge is 2.15. The highest BCUT2D eigenvalue weighted by Crippen LogP contribution is 2.22. The minimum atomic E-state index is 0.302. The maximum atomic E-state index is 12.3. The van der Waals surface area contributed by atoms with E-state index in [1.165, 1.54) is 0 Å². The summed E-state index contributed by atoms with van der Waals surface area (Å²) in [6.07, 6.45) is 0. The van der Waals surface area contributed by atoms with Crippen molar-refractivity contribution < 1.29 is 9.16 Å². The Labute approximate surface area is 121 Å². The SMILES string of the molecule is O=[n+]1c2ccccc2n([O-])c2cc(OCI)ccc21. The Balaban J connectivity index is 2.46. The molecule has 0 bridgehead atoms. The average molecular weight is 368 g/mol. The molecule has 0 saturated heterocycles. The molecule has 0 N–H and O–H groups in total. The number of benzene rings is 2. The summed E-state index contributed by atoms with van der Waals surface area (Å²) in [5, 5.41) is 12.3. The Morgan fingerprint density at radius 3 is 2.68 bits per heavy atom. The van der Waals surface area contributed by atoms with E-state index in [-0.39, 0.29) is 0 Å². The molecule has 0 aliphatic carbocycles. The van der Waals surface area contributed by atoms with Gasteiger partial charge in [-0.1, -0.05) is 12.1 Å². The van der Waals surface area contributed by atoms with E-state index in [1.807, 2.05) is 0 Å². The number of ether oxygens (including phenoxy) is 1. The van der Waals surface area contributed by atoms with Crippen LogP contribution in [0.1, 0.15) is 0 Å². The number of rotatable bonds is 2. The van der Waals surface area contributed by atoms with E-state index < -0.39 is 0 Å². The van der Waals surface area contributed by atoms with Crippen LogP contribution in [0.4, 0.5) is 0 Å². The molecule has 2 aromatic carbocycles. The molecular weight excluding hydrogens is 359 g/mol. The van der Waals surface area contributed by atoms with Gasteiger partial charge in [0.25, 0.3) is 11.0 Å². The van der Waals surface area contributed by atoms with Crippen LogP contribution in [0.2, 0.25) is 0 Å². The van der Waals surface area contributed by atoms with E-state index in [0.717, 1.165) is 9.16 Å². The third-order valence-electron chi connectivity index (χ3n) is 2.93. The fourth-order valence-electron chi connectivity index (χ4n) is 2.06. The summed E-state index contributed by atoms with van der Waals surface area (Å²) < 4.78 is 7.36. The predicted octanol–water partition coefficient (Wildman–Crippen LogP) is 2.83. The van der Waals surface area contributed by atoms with Gasteiger partial charge in [0.05, 0.1) is 4.43 Å². The molecule has 3 rings (SSSR count). The van der Waals surface area contributed by atoms with E-state index in [2.05, 4.69) is 22.6 Å². The molecule has 0 amide bonds. The zero-order valence-corrected chi connectivity index (χ0v) is 11.9. The number of fused-ring (bicyclic) bond motifs is 2. The molecule has 0 aliphatic heterocycles. The van der Waals surface area contributed by atoms with Crippen LogP contribution < -0.4 is 9.16 Å². The zero-order valence-electron chi connectivity index (χ0n) is 9.75. The van der Waals surface area contributed by atoms with Gasteiger partial charge in [-0.05, 0) is 34.7 Å². The number of hydrogen-bond acceptors (Lipinski definition) is 3. The molecule has 0 aliphatic rings. The Kier molecular flexibility index (Phi) is 3.02. The molecule has 0 saturated carbocycles. The lowest BCUT2D eigenvalue weighted by Gasteiger charge is -2.14. The summed E-state index contributed by atoms with van der Waals surface area (Å²) in [5.74, 6) is 0.571. The maximum Gasteiger partial charge on any atom is 0.287 e. The minimum Gasteiger partial charge on any atom is -0.805 e. The minimum absolute atomic E-state index is 0.302. The quantitative estimate of drug-likeness (QED) is 0.303. The number of aromatic nitrogens is 2. The first-order valence-electron chi connectivity index (χ1n) is 5.59. The van der Waals surface area contributed by atoms with Gasteiger partial charge in [0.2, 0.25) is 0 Å². The second kappa shape index (κ2) is 4.69. The number of halogens is 1. The molecule has 19 heavy (non-hydrogen) atoms. The normalized spacial score (nSPS) is 11.0. The van der Waals surface area contributed by atoms with Crippen molar-refractivity contribution in [3.8, 4) is 5.75 Å². The lowest BCUT2D eigenvalue weighted by molar-refractivity contribution is -0.432. The predicted molar refractivity (Wildman–Crippen MR) is 81.1 cm³/mol. The summed E-state index contributed by atoms with van der Waals surface area (Å²) in [6.45, 7) is 0. The van der Waals surface area contributed by atoms with Gasteiger partial charge in [-0.25, -0.2) is 0 Å². The third-order valence-corrected chi connectivity index (χ3v) is 3.24. The van der Waals surface area contributed by atoms with Crippen molar-refractivity contribution >= 4 is 44.7 Å². The fraction of sp³-hybridized carbons (Fsp3) is 0.0769. The van der Waals surface area contributed by atoms with Crippen LogP contribution in [0, 0.1) is 10.1 Å². The first kappa shape index (κ1) is 12.2. The zero-order chi connectivity index (χ0) is 13.4. The van der Waals surface area contributed by atoms with E-state index in [0.29, 0.717) is 32.4 Å². The molecule has 96 valence electrons. The first-order valence-corrected chi connectivity index (χ1v) is 7.11. The van der Waals surface area contributed by atoms with Gasteiger partial charge in [-0.3, -0.25) is 0 Å². The lowest BCUT2D eigenvalue weighted by Crippen LogP contribution is -2.19. The van der Waals surface area contributed by atoms with Crippen molar-refractivity contribution in [2.24, 2.45) is 0 Å². The van der Waals surface area contributed by atoms with Crippen molar-refractivity contribution in [1.29, 1.82) is 0 Å². The van der Waals surface area contributed by atoms with Gasteiger partial charge >= 0.3 is 0 Å². The molecule has 0 spiro atoms. The van der Waals surface area contributed by atoms with Gasteiger partial charge in [-0.2, -0.15) is 0 Å². The van der Waals surface area contributed by atoms with E-state index in [9.17, 15) is 10.1 Å². The first-order chi connectivity index (χ1) is 9.22. The van der Waals surface area contributed by atoms with Crippen molar-refractivity contribution in [1.82, 2.24) is 4.73 Å². The number of hydrogen-bond donors (Lipinski definition) is 0. The summed E-state index contributed by atoms with van der Waals surface area (Å²) in [6, 6.07) is 11.6. The van der Waals surface area contributed by atoms with Gasteiger partial charge in [-0.15, -0.1) is 0 Å². The summed E-state index contributed by atoms with van der Waals surface area (Å²) >= 11 is 2.07. The summed E-state index contributed by atoms with van der Waals surface area (Å²) in [5.41, 5.74) is 1.33. The highest BCUT2D eigenvalue weighted by molar-refractivity contribution is 14.1. The molecule has 0 fully saturated rings. The molecule has 0 radical (unpaired) electrons. The standard InChI is InChI=1S/C13H9IN2O3/c14-8-19-9-5-6-12-13(7-9)16(18)11-4-2-1-3-10(11)15(12)17/h1-7H,8H2. The maximum absolute atomic E-state index is 12.3. The van der Waals surface area contributed by atoms with Crippen molar-refractivity contribution in [3.05, 3.63) is 52.6 Å². The van der Waals surface area contributed by atoms with E-state index in [1.54, 1.807) is 42.5 Å².